The molecule has 5 heteroatoms. The average molecular weight is 305 g/mol. The topological polar surface area (TPSA) is 46.1 Å². The zero-order valence-electron chi connectivity index (χ0n) is 13.0. The predicted octanol–water partition coefficient (Wildman–Crippen LogP) is 2.98. The lowest BCUT2D eigenvalue weighted by Gasteiger charge is -2.29. The second kappa shape index (κ2) is 5.95. The minimum absolute atomic E-state index is 0.254. The zero-order valence-corrected chi connectivity index (χ0v) is 13.8. The van der Waals surface area contributed by atoms with Gasteiger partial charge >= 0.3 is 0 Å². The third-order valence-electron chi connectivity index (χ3n) is 4.26. The third-order valence-corrected chi connectivity index (χ3v) is 5.09. The van der Waals surface area contributed by atoms with Gasteiger partial charge < -0.3 is 4.90 Å². The summed E-state index contributed by atoms with van der Waals surface area (Å²) in [4.78, 5) is 23.5. The number of hydrogen-bond acceptors (Lipinski definition) is 4. The fraction of sp³-hybridized carbons (Fsp3) is 0.688. The first-order valence-corrected chi connectivity index (χ1v) is 8.79. The molecule has 0 bridgehead atoms. The van der Waals surface area contributed by atoms with E-state index in [1.165, 1.54) is 37.4 Å². The summed E-state index contributed by atoms with van der Waals surface area (Å²) in [7, 11) is 0. The van der Waals surface area contributed by atoms with Gasteiger partial charge in [0, 0.05) is 23.5 Å². The Balaban J connectivity index is 1.61. The van der Waals surface area contributed by atoms with Gasteiger partial charge in [-0.2, -0.15) is 0 Å². The van der Waals surface area contributed by atoms with Crippen LogP contribution in [0.15, 0.2) is 11.2 Å². The molecule has 0 spiro atoms. The largest absolute Gasteiger partial charge is 0.336 e. The molecule has 0 aromatic carbocycles. The monoisotopic (exact) mass is 305 g/mol. The van der Waals surface area contributed by atoms with Crippen molar-refractivity contribution in [2.24, 2.45) is 5.92 Å². The van der Waals surface area contributed by atoms with Crippen molar-refractivity contribution in [2.75, 3.05) is 5.75 Å². The van der Waals surface area contributed by atoms with Gasteiger partial charge in [0.15, 0.2) is 5.16 Å². The van der Waals surface area contributed by atoms with Gasteiger partial charge in [0.05, 0.1) is 5.75 Å². The van der Waals surface area contributed by atoms with Crippen LogP contribution in [0.3, 0.4) is 0 Å². The number of hydrogen-bond donors (Lipinski definition) is 0. The Kier molecular flexibility index (Phi) is 4.20. The molecular formula is C16H23N3OS. The molecule has 1 aromatic heterocycles. The molecule has 2 aliphatic rings. The Bertz CT molecular complexity index is 520. The van der Waals surface area contributed by atoms with Crippen molar-refractivity contribution in [1.82, 2.24) is 14.9 Å². The maximum absolute atomic E-state index is 12.6. The van der Waals surface area contributed by atoms with Gasteiger partial charge in [-0.3, -0.25) is 4.79 Å². The van der Waals surface area contributed by atoms with E-state index < -0.39 is 0 Å². The van der Waals surface area contributed by atoms with E-state index in [0.29, 0.717) is 17.8 Å². The summed E-state index contributed by atoms with van der Waals surface area (Å²) >= 11 is 1.47. The number of aromatic nitrogens is 2. The summed E-state index contributed by atoms with van der Waals surface area (Å²) in [6.07, 6.45) is 4.91. The lowest BCUT2D eigenvalue weighted by atomic mass is 10.2. The van der Waals surface area contributed by atoms with Crippen molar-refractivity contribution in [3.63, 3.8) is 0 Å². The summed E-state index contributed by atoms with van der Waals surface area (Å²) in [6.45, 7) is 6.14. The van der Waals surface area contributed by atoms with Crippen molar-refractivity contribution >= 4 is 17.7 Å². The van der Waals surface area contributed by atoms with Crippen molar-refractivity contribution in [2.45, 2.75) is 63.7 Å². The van der Waals surface area contributed by atoms with Gasteiger partial charge in [-0.25, -0.2) is 9.97 Å². The number of rotatable bonds is 6. The number of carbonyl (C=O) groups is 1. The van der Waals surface area contributed by atoms with E-state index in [9.17, 15) is 4.79 Å². The molecule has 0 saturated heterocycles. The summed E-state index contributed by atoms with van der Waals surface area (Å²) in [5.74, 6) is 1.44. The van der Waals surface area contributed by atoms with Crippen LogP contribution in [0.2, 0.25) is 0 Å². The highest BCUT2D eigenvalue weighted by Gasteiger charge is 2.41. The molecule has 3 rings (SSSR count). The van der Waals surface area contributed by atoms with E-state index in [2.05, 4.69) is 21.8 Å². The van der Waals surface area contributed by atoms with Gasteiger partial charge in [0.25, 0.3) is 0 Å². The molecule has 2 aliphatic carbocycles. The first-order chi connectivity index (χ1) is 10.0. The van der Waals surface area contributed by atoms with Crippen molar-refractivity contribution < 1.29 is 4.79 Å². The number of thioether (sulfide) groups is 1. The molecule has 1 amide bonds. The predicted molar refractivity (Wildman–Crippen MR) is 84.3 cm³/mol. The van der Waals surface area contributed by atoms with E-state index in [1.807, 2.05) is 19.9 Å². The van der Waals surface area contributed by atoms with E-state index in [0.717, 1.165) is 22.5 Å². The number of nitrogens with zero attached hydrogens (tertiary/aromatic N) is 3. The summed E-state index contributed by atoms with van der Waals surface area (Å²) in [5.41, 5.74) is 1.92. The van der Waals surface area contributed by atoms with Crippen molar-refractivity contribution in [3.05, 3.63) is 17.5 Å². The molecule has 1 unspecified atom stereocenters. The van der Waals surface area contributed by atoms with E-state index >= 15 is 0 Å². The fourth-order valence-corrected chi connectivity index (χ4v) is 3.70. The van der Waals surface area contributed by atoms with Crippen LogP contribution >= 0.6 is 11.8 Å². The maximum Gasteiger partial charge on any atom is 0.233 e. The number of aryl methyl sites for hydroxylation is 2. The minimum atomic E-state index is 0.254. The average Bonchev–Trinajstić information content (AvgIpc) is 3.25. The normalized spacial score (nSPS) is 19.4. The fourth-order valence-electron chi connectivity index (χ4n) is 2.88. The molecule has 1 heterocycles. The highest BCUT2D eigenvalue weighted by molar-refractivity contribution is 7.99. The number of amides is 1. The van der Waals surface area contributed by atoms with E-state index in [4.69, 9.17) is 0 Å². The second-order valence-corrected chi connectivity index (χ2v) is 7.27. The Hall–Kier alpha value is -1.10. The lowest BCUT2D eigenvalue weighted by Crippen LogP contribution is -2.42. The van der Waals surface area contributed by atoms with Crippen LogP contribution in [0, 0.1) is 19.8 Å². The van der Waals surface area contributed by atoms with Gasteiger partial charge in [-0.1, -0.05) is 11.8 Å². The van der Waals surface area contributed by atoms with Crippen LogP contribution < -0.4 is 0 Å². The molecule has 0 N–H and O–H groups in total. The van der Waals surface area contributed by atoms with Gasteiger partial charge in [-0.05, 0) is 58.4 Å². The SMILES string of the molecule is Cc1cc(C)nc(SCC(=O)N(C2CC2)C(C)C2CC2)n1. The Labute approximate surface area is 130 Å². The minimum Gasteiger partial charge on any atom is -0.336 e. The Morgan fingerprint density at radius 2 is 1.90 bits per heavy atom. The molecule has 2 fully saturated rings. The Morgan fingerprint density at radius 1 is 1.29 bits per heavy atom. The molecule has 1 aromatic rings. The van der Waals surface area contributed by atoms with E-state index in [1.54, 1.807) is 0 Å². The van der Waals surface area contributed by atoms with Crippen LogP contribution in [-0.2, 0) is 4.79 Å². The second-order valence-electron chi connectivity index (χ2n) is 6.33. The molecule has 0 aliphatic heterocycles. The van der Waals surface area contributed by atoms with E-state index in [-0.39, 0.29) is 5.91 Å². The zero-order chi connectivity index (χ0) is 15.0. The van der Waals surface area contributed by atoms with Crippen LogP contribution in [0.4, 0.5) is 0 Å². The highest BCUT2D eigenvalue weighted by Crippen LogP contribution is 2.40. The number of carbonyl (C=O) groups excluding carboxylic acids is 1. The first kappa shape index (κ1) is 14.8. The van der Waals surface area contributed by atoms with Crippen molar-refractivity contribution in [1.29, 1.82) is 0 Å². The Morgan fingerprint density at radius 3 is 2.43 bits per heavy atom. The molecule has 0 radical (unpaired) electrons. The van der Waals surface area contributed by atoms with Crippen LogP contribution in [0.5, 0.6) is 0 Å². The molecule has 2 saturated carbocycles. The summed E-state index contributed by atoms with van der Waals surface area (Å²) in [5, 5.41) is 0.718. The molecule has 114 valence electrons. The lowest BCUT2D eigenvalue weighted by molar-refractivity contribution is -0.131. The van der Waals surface area contributed by atoms with Crippen LogP contribution in [0.1, 0.15) is 44.0 Å². The van der Waals surface area contributed by atoms with Crippen LogP contribution in [0.25, 0.3) is 0 Å². The highest BCUT2D eigenvalue weighted by atomic mass is 32.2. The van der Waals surface area contributed by atoms with Gasteiger partial charge in [0.1, 0.15) is 0 Å². The quantitative estimate of drug-likeness (QED) is 0.599. The molecule has 1 atom stereocenters. The summed E-state index contributed by atoms with van der Waals surface area (Å²) < 4.78 is 0. The van der Waals surface area contributed by atoms with Gasteiger partial charge in [-0.15, -0.1) is 0 Å². The smallest absolute Gasteiger partial charge is 0.233 e. The third kappa shape index (κ3) is 3.76. The standard InChI is InChI=1S/C16H23N3OS/c1-10-8-11(2)18-16(17-10)21-9-15(20)19(14-6-7-14)12(3)13-4-5-13/h8,12-14H,4-7,9H2,1-3H3. The first-order valence-electron chi connectivity index (χ1n) is 7.81. The van der Waals surface area contributed by atoms with Crippen LogP contribution in [-0.4, -0.2) is 38.6 Å². The van der Waals surface area contributed by atoms with Gasteiger partial charge in [0.2, 0.25) is 5.91 Å². The molecule has 4 nitrogen and oxygen atoms in total. The molecular weight excluding hydrogens is 282 g/mol. The molecule has 21 heavy (non-hydrogen) atoms. The maximum atomic E-state index is 12.6. The van der Waals surface area contributed by atoms with Crippen molar-refractivity contribution in [3.8, 4) is 0 Å². The summed E-state index contributed by atoms with van der Waals surface area (Å²) in [6, 6.07) is 2.86.